The molecule has 0 saturated heterocycles. The van der Waals surface area contributed by atoms with Crippen molar-refractivity contribution in [3.8, 4) is 5.69 Å². The molecule has 0 aliphatic heterocycles. The molecule has 0 atom stereocenters. The van der Waals surface area contributed by atoms with Crippen LogP contribution < -0.4 is 5.73 Å². The largest absolute Gasteiger partial charge is 0.392 e. The van der Waals surface area contributed by atoms with E-state index in [0.717, 1.165) is 16.9 Å². The summed E-state index contributed by atoms with van der Waals surface area (Å²) in [5.74, 6) is 0. The predicted octanol–water partition coefficient (Wildman–Crippen LogP) is 0.218. The normalized spacial score (nSPS) is 10.5. The lowest BCUT2D eigenvalue weighted by atomic mass is 10.2. The highest BCUT2D eigenvalue weighted by atomic mass is 16.3. The molecular formula is C10H12N4O. The number of benzene rings is 1. The first-order valence-corrected chi connectivity index (χ1v) is 4.65. The average Bonchev–Trinajstić information content (AvgIpc) is 2.78. The van der Waals surface area contributed by atoms with E-state index in [9.17, 15) is 0 Å². The Morgan fingerprint density at radius 2 is 2.27 bits per heavy atom. The van der Waals surface area contributed by atoms with Crippen molar-refractivity contribution in [2.45, 2.75) is 13.2 Å². The summed E-state index contributed by atoms with van der Waals surface area (Å²) in [6.45, 7) is 0.395. The summed E-state index contributed by atoms with van der Waals surface area (Å²) >= 11 is 0. The van der Waals surface area contributed by atoms with Crippen LogP contribution in [0.5, 0.6) is 0 Å². The molecule has 0 saturated carbocycles. The summed E-state index contributed by atoms with van der Waals surface area (Å²) in [6.07, 6.45) is 1.77. The van der Waals surface area contributed by atoms with Crippen molar-refractivity contribution in [2.24, 2.45) is 5.73 Å². The summed E-state index contributed by atoms with van der Waals surface area (Å²) in [5, 5.41) is 16.8. The Hall–Kier alpha value is -1.72. The molecule has 1 aromatic carbocycles. The van der Waals surface area contributed by atoms with E-state index in [1.807, 2.05) is 24.3 Å². The molecule has 78 valence electrons. The van der Waals surface area contributed by atoms with Crippen LogP contribution in [0.15, 0.2) is 30.5 Å². The van der Waals surface area contributed by atoms with Gasteiger partial charge in [-0.3, -0.25) is 0 Å². The van der Waals surface area contributed by atoms with Gasteiger partial charge in [-0.25, -0.2) is 4.68 Å². The van der Waals surface area contributed by atoms with Gasteiger partial charge in [-0.15, -0.1) is 5.10 Å². The summed E-state index contributed by atoms with van der Waals surface area (Å²) in [6, 6.07) is 7.47. The SMILES string of the molecule is NCc1cn(-c2cccc(CO)c2)nn1. The van der Waals surface area contributed by atoms with E-state index >= 15 is 0 Å². The van der Waals surface area contributed by atoms with E-state index in [4.69, 9.17) is 10.8 Å². The summed E-state index contributed by atoms with van der Waals surface area (Å²) in [5.41, 5.74) is 7.90. The van der Waals surface area contributed by atoms with Crippen LogP contribution in [-0.4, -0.2) is 20.1 Å². The maximum absolute atomic E-state index is 9.00. The second kappa shape index (κ2) is 4.20. The first-order chi connectivity index (χ1) is 7.33. The minimum absolute atomic E-state index is 0.0201. The Balaban J connectivity index is 2.35. The number of aliphatic hydroxyl groups is 1. The third-order valence-corrected chi connectivity index (χ3v) is 2.11. The molecule has 0 aliphatic carbocycles. The molecule has 1 heterocycles. The Bertz CT molecular complexity index is 452. The fourth-order valence-corrected chi connectivity index (χ4v) is 1.32. The van der Waals surface area contributed by atoms with Crippen LogP contribution in [-0.2, 0) is 13.2 Å². The number of nitrogens with zero attached hydrogens (tertiary/aromatic N) is 3. The summed E-state index contributed by atoms with van der Waals surface area (Å²) in [7, 11) is 0. The van der Waals surface area contributed by atoms with E-state index in [0.29, 0.717) is 6.54 Å². The second-order valence-corrected chi connectivity index (χ2v) is 3.19. The maximum Gasteiger partial charge on any atom is 0.0967 e. The van der Waals surface area contributed by atoms with Gasteiger partial charge in [-0.2, -0.15) is 0 Å². The zero-order chi connectivity index (χ0) is 10.7. The molecule has 0 bridgehead atoms. The predicted molar refractivity (Wildman–Crippen MR) is 55.2 cm³/mol. The molecule has 1 aromatic heterocycles. The third kappa shape index (κ3) is 2.03. The van der Waals surface area contributed by atoms with Gasteiger partial charge in [0, 0.05) is 6.54 Å². The average molecular weight is 204 g/mol. The van der Waals surface area contributed by atoms with Crippen molar-refractivity contribution in [2.75, 3.05) is 0 Å². The number of nitrogens with two attached hydrogens (primary N) is 1. The molecular weight excluding hydrogens is 192 g/mol. The third-order valence-electron chi connectivity index (χ3n) is 2.11. The van der Waals surface area contributed by atoms with Crippen molar-refractivity contribution in [3.63, 3.8) is 0 Å². The van der Waals surface area contributed by atoms with Crippen molar-refractivity contribution >= 4 is 0 Å². The Labute approximate surface area is 87.1 Å². The highest BCUT2D eigenvalue weighted by molar-refractivity contribution is 5.34. The van der Waals surface area contributed by atoms with Crippen LogP contribution in [0.4, 0.5) is 0 Å². The zero-order valence-electron chi connectivity index (χ0n) is 8.17. The van der Waals surface area contributed by atoms with Gasteiger partial charge in [-0.1, -0.05) is 17.3 Å². The van der Waals surface area contributed by atoms with Crippen molar-refractivity contribution in [1.29, 1.82) is 0 Å². The van der Waals surface area contributed by atoms with Gasteiger partial charge >= 0.3 is 0 Å². The molecule has 3 N–H and O–H groups in total. The van der Waals surface area contributed by atoms with E-state index in [-0.39, 0.29) is 6.61 Å². The van der Waals surface area contributed by atoms with Crippen LogP contribution in [0.2, 0.25) is 0 Å². The molecule has 0 aliphatic rings. The molecule has 0 unspecified atom stereocenters. The topological polar surface area (TPSA) is 77.0 Å². The molecule has 0 spiro atoms. The molecule has 2 rings (SSSR count). The molecule has 0 radical (unpaired) electrons. The van der Waals surface area contributed by atoms with Gasteiger partial charge in [0.1, 0.15) is 0 Å². The second-order valence-electron chi connectivity index (χ2n) is 3.19. The Morgan fingerprint density at radius 3 is 2.93 bits per heavy atom. The Kier molecular flexibility index (Phi) is 2.75. The van der Waals surface area contributed by atoms with Gasteiger partial charge in [0.25, 0.3) is 0 Å². The molecule has 2 aromatic rings. The smallest absolute Gasteiger partial charge is 0.0967 e. The van der Waals surface area contributed by atoms with Gasteiger partial charge in [-0.05, 0) is 17.7 Å². The van der Waals surface area contributed by atoms with E-state index in [2.05, 4.69) is 10.3 Å². The molecule has 0 fully saturated rings. The van der Waals surface area contributed by atoms with Crippen LogP contribution >= 0.6 is 0 Å². The highest BCUT2D eigenvalue weighted by Gasteiger charge is 2.01. The van der Waals surface area contributed by atoms with E-state index in [1.54, 1.807) is 10.9 Å². The first kappa shape index (κ1) is 9.82. The fraction of sp³-hybridized carbons (Fsp3) is 0.200. The minimum atomic E-state index is 0.0201. The Morgan fingerprint density at radius 1 is 1.40 bits per heavy atom. The number of aliphatic hydroxyl groups excluding tert-OH is 1. The van der Waals surface area contributed by atoms with Gasteiger partial charge in [0.2, 0.25) is 0 Å². The van der Waals surface area contributed by atoms with Gasteiger partial charge in [0.05, 0.1) is 24.2 Å². The van der Waals surface area contributed by atoms with Crippen molar-refractivity contribution in [3.05, 3.63) is 41.7 Å². The van der Waals surface area contributed by atoms with Crippen LogP contribution in [0, 0.1) is 0 Å². The highest BCUT2D eigenvalue weighted by Crippen LogP contribution is 2.09. The minimum Gasteiger partial charge on any atom is -0.392 e. The number of rotatable bonds is 3. The summed E-state index contributed by atoms with van der Waals surface area (Å²) < 4.78 is 1.64. The van der Waals surface area contributed by atoms with Gasteiger partial charge in [0.15, 0.2) is 0 Å². The zero-order valence-corrected chi connectivity index (χ0v) is 8.17. The lowest BCUT2D eigenvalue weighted by Gasteiger charge is -2.01. The van der Waals surface area contributed by atoms with E-state index < -0.39 is 0 Å². The molecule has 15 heavy (non-hydrogen) atoms. The van der Waals surface area contributed by atoms with Crippen LogP contribution in [0.1, 0.15) is 11.3 Å². The maximum atomic E-state index is 9.00. The monoisotopic (exact) mass is 204 g/mol. The quantitative estimate of drug-likeness (QED) is 0.749. The molecule has 5 nitrogen and oxygen atoms in total. The first-order valence-electron chi connectivity index (χ1n) is 4.65. The van der Waals surface area contributed by atoms with Crippen molar-refractivity contribution in [1.82, 2.24) is 15.0 Å². The number of aromatic nitrogens is 3. The van der Waals surface area contributed by atoms with Crippen LogP contribution in [0.3, 0.4) is 0 Å². The van der Waals surface area contributed by atoms with Gasteiger partial charge < -0.3 is 10.8 Å². The lowest BCUT2D eigenvalue weighted by molar-refractivity contribution is 0.282. The van der Waals surface area contributed by atoms with Crippen molar-refractivity contribution < 1.29 is 5.11 Å². The molecule has 0 amide bonds. The molecule has 5 heteroatoms. The van der Waals surface area contributed by atoms with Crippen LogP contribution in [0.25, 0.3) is 5.69 Å². The van der Waals surface area contributed by atoms with E-state index in [1.165, 1.54) is 0 Å². The fourth-order valence-electron chi connectivity index (χ4n) is 1.32. The standard InChI is InChI=1S/C10H12N4O/c11-5-9-6-14(13-12-9)10-3-1-2-8(4-10)7-15/h1-4,6,15H,5,7,11H2. The lowest BCUT2D eigenvalue weighted by Crippen LogP contribution is -1.96. The number of hydrogen-bond acceptors (Lipinski definition) is 4. The number of hydrogen-bond donors (Lipinski definition) is 2. The summed E-state index contributed by atoms with van der Waals surface area (Å²) in [4.78, 5) is 0.